The van der Waals surface area contributed by atoms with Crippen LogP contribution < -0.4 is 0 Å². The van der Waals surface area contributed by atoms with Crippen LogP contribution >= 0.6 is 0 Å². The predicted molar refractivity (Wildman–Crippen MR) is 206 cm³/mol. The Morgan fingerprint density at radius 3 is 2.38 bits per heavy atom. The van der Waals surface area contributed by atoms with Gasteiger partial charge in [-0.15, -0.1) is 0 Å². The number of carbonyl (C=O) groups is 2. The van der Waals surface area contributed by atoms with Gasteiger partial charge >= 0.3 is 5.97 Å². The molecule has 1 amide bonds. The molecule has 288 valence electrons. The molecule has 1 saturated heterocycles. The van der Waals surface area contributed by atoms with Gasteiger partial charge in [-0.1, -0.05) is 80.5 Å². The van der Waals surface area contributed by atoms with Gasteiger partial charge in [0.1, 0.15) is 18.3 Å². The van der Waals surface area contributed by atoms with Crippen molar-refractivity contribution in [3.05, 3.63) is 42.4 Å². The number of esters is 1. The molecule has 10 nitrogen and oxygen atoms in total. The first-order valence-electron chi connectivity index (χ1n) is 19.4. The standard InChI is InChI=1S/C42H65N5O5/c1-13-35-42(12,50)34-17-16-33(46-51-25-32-15-18-36(43-24-32)47-22-14-21-44-47)19-20-41(11,23-26(2)37(30(34)6)45-31(7)48)38(40(8,9)10)28(4)27(3)29(5)39(49)52-35/h14-15,18,21-22,24,26-30,34-35,38,50H,13,16-17,19-20,23,25H2,1-12H3/b45-37?,46-33+/t26-,27+,28+,29-,30-,34-,35-,38+,41-,42+/m1/s1. The third-order valence-corrected chi connectivity index (χ3v) is 12.6. The number of aliphatic imine (C=N–C) groups is 1. The summed E-state index contributed by atoms with van der Waals surface area (Å²) in [7, 11) is 0. The van der Waals surface area contributed by atoms with Crippen LogP contribution in [-0.2, 0) is 25.8 Å². The maximum Gasteiger partial charge on any atom is 0.309 e. The zero-order valence-electron chi connectivity index (χ0n) is 33.8. The second kappa shape index (κ2) is 16.7. The van der Waals surface area contributed by atoms with Crippen LogP contribution in [0.2, 0.25) is 0 Å². The van der Waals surface area contributed by atoms with Crippen LogP contribution in [0.4, 0.5) is 0 Å². The third kappa shape index (κ3) is 9.39. The van der Waals surface area contributed by atoms with E-state index in [9.17, 15) is 14.7 Å². The van der Waals surface area contributed by atoms with Crippen molar-refractivity contribution < 1.29 is 24.3 Å². The number of fused-ring (bicyclic) bond motifs is 5. The topological polar surface area (TPSA) is 128 Å². The fourth-order valence-electron chi connectivity index (χ4n) is 10.0. The zero-order chi connectivity index (χ0) is 38.6. The quantitative estimate of drug-likeness (QED) is 0.242. The summed E-state index contributed by atoms with van der Waals surface area (Å²) < 4.78 is 8.00. The molecule has 0 spiro atoms. The van der Waals surface area contributed by atoms with Crippen LogP contribution in [0.15, 0.2) is 46.9 Å². The molecule has 2 bridgehead atoms. The smallest absolute Gasteiger partial charge is 0.309 e. The molecule has 2 aliphatic rings. The number of aromatic nitrogens is 3. The van der Waals surface area contributed by atoms with E-state index in [2.05, 4.69) is 65.5 Å². The normalized spacial score (nSPS) is 35.7. The van der Waals surface area contributed by atoms with E-state index in [4.69, 9.17) is 19.7 Å². The van der Waals surface area contributed by atoms with Crippen LogP contribution in [0.5, 0.6) is 0 Å². The van der Waals surface area contributed by atoms with Gasteiger partial charge in [0.15, 0.2) is 5.82 Å². The molecular formula is C42H65N5O5. The van der Waals surface area contributed by atoms with Gasteiger partial charge in [-0.3, -0.25) is 9.59 Å². The number of rotatable bonds is 5. The van der Waals surface area contributed by atoms with Crippen LogP contribution in [0.3, 0.4) is 0 Å². The summed E-state index contributed by atoms with van der Waals surface area (Å²) in [5, 5.41) is 21.6. The number of hydrogen-bond acceptors (Lipinski definition) is 8. The molecule has 2 aromatic heterocycles. The lowest BCUT2D eigenvalue weighted by Gasteiger charge is -2.52. The zero-order valence-corrected chi connectivity index (χ0v) is 33.8. The SMILES string of the molecule is CC[C@H]1OC(=O)[C@H](C)[C@@H](C)[C@H](C)[C@@H](C(C)(C)C)[C@]2(C)CC/C(=N/OCc3ccc(-n4cccn4)nc3)CC[C@H]([C@@H](C)C(=NC(C)=O)[C@H](C)C2)[C@]1(C)O. The summed E-state index contributed by atoms with van der Waals surface area (Å²) in [6, 6.07) is 5.74. The van der Waals surface area contributed by atoms with Crippen LogP contribution in [0.25, 0.3) is 5.82 Å². The summed E-state index contributed by atoms with van der Waals surface area (Å²) >= 11 is 0. The number of carbonyl (C=O) groups excluding carboxylic acids is 2. The van der Waals surface area contributed by atoms with E-state index in [0.717, 1.165) is 42.1 Å². The van der Waals surface area contributed by atoms with Crippen molar-refractivity contribution in [3.8, 4) is 5.82 Å². The Kier molecular flexibility index (Phi) is 13.3. The first-order valence-corrected chi connectivity index (χ1v) is 19.4. The average Bonchev–Trinajstić information content (AvgIpc) is 3.61. The number of cyclic esters (lactones) is 1. The first kappa shape index (κ1) is 41.4. The molecule has 10 atom stereocenters. The number of hydrogen-bond donors (Lipinski definition) is 1. The van der Waals surface area contributed by atoms with Crippen molar-refractivity contribution in [2.75, 3.05) is 0 Å². The molecule has 2 aromatic rings. The van der Waals surface area contributed by atoms with Gasteiger partial charge in [0, 0.05) is 42.7 Å². The molecular weight excluding hydrogens is 654 g/mol. The highest BCUT2D eigenvalue weighted by atomic mass is 16.6. The third-order valence-electron chi connectivity index (χ3n) is 12.6. The van der Waals surface area contributed by atoms with Crippen molar-refractivity contribution >= 4 is 23.3 Å². The molecule has 1 aliphatic carbocycles. The highest BCUT2D eigenvalue weighted by Gasteiger charge is 2.51. The molecule has 3 heterocycles. The average molecular weight is 720 g/mol. The predicted octanol–water partition coefficient (Wildman–Crippen LogP) is 8.64. The number of aliphatic hydroxyl groups is 1. The molecule has 1 aliphatic heterocycles. The number of nitrogens with zero attached hydrogens (tertiary/aromatic N) is 5. The second-order valence-corrected chi connectivity index (χ2v) is 17.6. The van der Waals surface area contributed by atoms with Crippen molar-refractivity contribution in [3.63, 3.8) is 0 Å². The largest absolute Gasteiger partial charge is 0.459 e. The summed E-state index contributed by atoms with van der Waals surface area (Å²) in [4.78, 5) is 42.0. The van der Waals surface area contributed by atoms with E-state index in [1.807, 2.05) is 38.2 Å². The molecule has 1 saturated carbocycles. The minimum atomic E-state index is -1.40. The molecule has 52 heavy (non-hydrogen) atoms. The van der Waals surface area contributed by atoms with E-state index in [-0.39, 0.29) is 70.7 Å². The molecule has 0 aromatic carbocycles. The minimum absolute atomic E-state index is 0.0201. The van der Waals surface area contributed by atoms with Crippen LogP contribution in [-0.4, -0.2) is 54.9 Å². The molecule has 2 fully saturated rings. The first-order chi connectivity index (χ1) is 24.3. The number of pyridine rings is 1. The van der Waals surface area contributed by atoms with E-state index in [1.54, 1.807) is 24.0 Å². The fourth-order valence-corrected chi connectivity index (χ4v) is 10.0. The number of oxime groups is 1. The van der Waals surface area contributed by atoms with Gasteiger partial charge in [0.05, 0.1) is 11.6 Å². The summed E-state index contributed by atoms with van der Waals surface area (Å²) in [5.41, 5.74) is 0.906. The lowest BCUT2D eigenvalue weighted by atomic mass is 9.53. The highest BCUT2D eigenvalue weighted by Crippen LogP contribution is 2.54. The Bertz CT molecular complexity index is 1560. The van der Waals surface area contributed by atoms with Crippen molar-refractivity contribution in [2.24, 2.45) is 62.4 Å². The van der Waals surface area contributed by atoms with Gasteiger partial charge in [-0.05, 0) is 98.0 Å². The number of amides is 1. The van der Waals surface area contributed by atoms with Crippen LogP contribution in [0.1, 0.15) is 127 Å². The molecule has 4 rings (SSSR count). The van der Waals surface area contributed by atoms with Gasteiger partial charge in [0.2, 0.25) is 5.91 Å². The monoisotopic (exact) mass is 719 g/mol. The Hall–Kier alpha value is -3.40. The molecule has 1 N–H and O–H groups in total. The minimum Gasteiger partial charge on any atom is -0.459 e. The Morgan fingerprint density at radius 1 is 1.10 bits per heavy atom. The van der Waals surface area contributed by atoms with Gasteiger partial charge in [0.25, 0.3) is 0 Å². The molecule has 10 heteroatoms. The summed E-state index contributed by atoms with van der Waals surface area (Å²) in [6.07, 6.45) is 8.56. The highest BCUT2D eigenvalue weighted by molar-refractivity contribution is 5.97. The molecule has 0 radical (unpaired) electrons. The van der Waals surface area contributed by atoms with E-state index < -0.39 is 11.7 Å². The second-order valence-electron chi connectivity index (χ2n) is 17.6. The summed E-state index contributed by atoms with van der Waals surface area (Å²) in [5.74, 6) is -0.434. The van der Waals surface area contributed by atoms with E-state index >= 15 is 0 Å². The van der Waals surface area contributed by atoms with Crippen molar-refractivity contribution in [1.29, 1.82) is 0 Å². The van der Waals surface area contributed by atoms with Crippen LogP contribution in [0, 0.1) is 52.3 Å². The van der Waals surface area contributed by atoms with Crippen molar-refractivity contribution in [2.45, 2.75) is 140 Å². The maximum absolute atomic E-state index is 13.9. The van der Waals surface area contributed by atoms with Crippen molar-refractivity contribution in [1.82, 2.24) is 14.8 Å². The molecule has 0 unspecified atom stereocenters. The Labute approximate surface area is 312 Å². The lowest BCUT2D eigenvalue weighted by molar-refractivity contribution is -0.180. The van der Waals surface area contributed by atoms with E-state index in [1.165, 1.54) is 6.92 Å². The van der Waals surface area contributed by atoms with Gasteiger partial charge in [-0.2, -0.15) is 5.10 Å². The number of ether oxygens (including phenoxy) is 1. The Balaban J connectivity index is 1.84. The van der Waals surface area contributed by atoms with Gasteiger partial charge < -0.3 is 14.7 Å². The lowest BCUT2D eigenvalue weighted by Crippen LogP contribution is -2.53. The maximum atomic E-state index is 13.9. The van der Waals surface area contributed by atoms with E-state index in [0.29, 0.717) is 19.3 Å². The summed E-state index contributed by atoms with van der Waals surface area (Å²) in [6.45, 7) is 25.6. The fraction of sp³-hybridized carbons (Fsp3) is 0.714. The van der Waals surface area contributed by atoms with Gasteiger partial charge in [-0.25, -0.2) is 14.7 Å². The Morgan fingerprint density at radius 2 is 1.81 bits per heavy atom.